The molecule has 3 heterocycles. The zero-order valence-corrected chi connectivity index (χ0v) is 18.4. The SMILES string of the molecule is CN1CCCCC1C(=O)N[C@@H](Cc1ccc(F)c(F)c1)C(=O)NCc1cnc2[nH]ccc2c1. The zero-order chi connectivity index (χ0) is 23.4. The fourth-order valence-electron chi connectivity index (χ4n) is 4.18. The molecule has 0 bridgehead atoms. The molecule has 1 aliphatic rings. The van der Waals surface area contributed by atoms with Gasteiger partial charge in [0.05, 0.1) is 6.04 Å². The second kappa shape index (κ2) is 10.1. The van der Waals surface area contributed by atoms with Crippen LogP contribution in [0, 0.1) is 11.6 Å². The zero-order valence-electron chi connectivity index (χ0n) is 18.4. The minimum Gasteiger partial charge on any atom is -0.350 e. The van der Waals surface area contributed by atoms with E-state index in [2.05, 4.69) is 20.6 Å². The summed E-state index contributed by atoms with van der Waals surface area (Å²) < 4.78 is 27.1. The summed E-state index contributed by atoms with van der Waals surface area (Å²) in [6, 6.07) is 6.05. The summed E-state index contributed by atoms with van der Waals surface area (Å²) in [7, 11) is 1.89. The number of likely N-dealkylation sites (tertiary alicyclic amines) is 1. The predicted molar refractivity (Wildman–Crippen MR) is 120 cm³/mol. The number of nitrogens with one attached hydrogen (secondary N) is 3. The monoisotopic (exact) mass is 455 g/mol. The van der Waals surface area contributed by atoms with Crippen LogP contribution in [-0.2, 0) is 22.6 Å². The van der Waals surface area contributed by atoms with E-state index >= 15 is 0 Å². The van der Waals surface area contributed by atoms with Crippen LogP contribution in [0.5, 0.6) is 0 Å². The molecule has 3 aromatic rings. The Bertz CT molecular complexity index is 1150. The summed E-state index contributed by atoms with van der Waals surface area (Å²) in [5, 5.41) is 6.59. The first-order valence-corrected chi connectivity index (χ1v) is 11.0. The smallest absolute Gasteiger partial charge is 0.243 e. The van der Waals surface area contributed by atoms with Crippen molar-refractivity contribution in [3.63, 3.8) is 0 Å². The number of nitrogens with zero attached hydrogens (tertiary/aromatic N) is 2. The lowest BCUT2D eigenvalue weighted by Crippen LogP contribution is -2.54. The number of fused-ring (bicyclic) bond motifs is 1. The third-order valence-corrected chi connectivity index (χ3v) is 6.05. The number of halogens is 2. The number of piperidine rings is 1. The maximum Gasteiger partial charge on any atom is 0.243 e. The van der Waals surface area contributed by atoms with Crippen molar-refractivity contribution < 1.29 is 18.4 Å². The topological polar surface area (TPSA) is 90.1 Å². The molecule has 0 aliphatic carbocycles. The van der Waals surface area contributed by atoms with E-state index in [0.717, 1.165) is 48.1 Å². The van der Waals surface area contributed by atoms with E-state index in [1.165, 1.54) is 6.07 Å². The molecule has 1 aliphatic heterocycles. The summed E-state index contributed by atoms with van der Waals surface area (Å²) >= 11 is 0. The number of aromatic amines is 1. The Kier molecular flexibility index (Phi) is 6.98. The van der Waals surface area contributed by atoms with E-state index in [4.69, 9.17) is 0 Å². The molecule has 0 saturated carbocycles. The van der Waals surface area contributed by atoms with Crippen LogP contribution in [0.2, 0.25) is 0 Å². The molecular formula is C24H27F2N5O2. The van der Waals surface area contributed by atoms with Crippen LogP contribution in [0.15, 0.2) is 42.7 Å². The van der Waals surface area contributed by atoms with Crippen molar-refractivity contribution in [3.05, 3.63) is 65.5 Å². The van der Waals surface area contributed by atoms with Crippen molar-refractivity contribution in [3.8, 4) is 0 Å². The number of H-pyrrole nitrogens is 1. The van der Waals surface area contributed by atoms with Crippen molar-refractivity contribution in [2.24, 2.45) is 0 Å². The largest absolute Gasteiger partial charge is 0.350 e. The van der Waals surface area contributed by atoms with Crippen molar-refractivity contribution in [1.29, 1.82) is 0 Å². The number of carbonyl (C=O) groups is 2. The Morgan fingerprint density at radius 2 is 2.03 bits per heavy atom. The van der Waals surface area contributed by atoms with Gasteiger partial charge in [-0.3, -0.25) is 14.5 Å². The average Bonchev–Trinajstić information content (AvgIpc) is 3.27. The van der Waals surface area contributed by atoms with Crippen molar-refractivity contribution in [1.82, 2.24) is 25.5 Å². The van der Waals surface area contributed by atoms with Crippen LogP contribution in [0.1, 0.15) is 30.4 Å². The van der Waals surface area contributed by atoms with Gasteiger partial charge in [-0.05, 0) is 61.8 Å². The number of aromatic nitrogens is 2. The number of benzene rings is 1. The van der Waals surface area contributed by atoms with Crippen molar-refractivity contribution in [2.75, 3.05) is 13.6 Å². The Balaban J connectivity index is 1.47. The number of pyridine rings is 1. The van der Waals surface area contributed by atoms with Gasteiger partial charge in [-0.25, -0.2) is 13.8 Å². The quantitative estimate of drug-likeness (QED) is 0.511. The second-order valence-corrected chi connectivity index (χ2v) is 8.48. The first kappa shape index (κ1) is 22.8. The molecule has 9 heteroatoms. The number of likely N-dealkylation sites (N-methyl/N-ethyl adjacent to an activating group) is 1. The first-order valence-electron chi connectivity index (χ1n) is 11.0. The minimum atomic E-state index is -0.990. The predicted octanol–water partition coefficient (Wildman–Crippen LogP) is 2.67. The Morgan fingerprint density at radius 1 is 1.18 bits per heavy atom. The van der Waals surface area contributed by atoms with Crippen LogP contribution >= 0.6 is 0 Å². The van der Waals surface area contributed by atoms with Gasteiger partial charge in [-0.2, -0.15) is 0 Å². The maximum absolute atomic E-state index is 13.7. The molecule has 33 heavy (non-hydrogen) atoms. The molecule has 1 saturated heterocycles. The lowest BCUT2D eigenvalue weighted by Gasteiger charge is -2.32. The van der Waals surface area contributed by atoms with Crippen LogP contribution in [0.25, 0.3) is 11.0 Å². The number of amides is 2. The van der Waals surface area contributed by atoms with Gasteiger partial charge >= 0.3 is 0 Å². The highest BCUT2D eigenvalue weighted by Gasteiger charge is 2.30. The van der Waals surface area contributed by atoms with Gasteiger partial charge < -0.3 is 15.6 Å². The van der Waals surface area contributed by atoms with Gasteiger partial charge in [0.1, 0.15) is 11.7 Å². The summed E-state index contributed by atoms with van der Waals surface area (Å²) in [6.07, 6.45) is 6.18. The summed E-state index contributed by atoms with van der Waals surface area (Å²) in [4.78, 5) is 35.3. The fraction of sp³-hybridized carbons (Fsp3) is 0.375. The molecule has 1 unspecified atom stereocenters. The van der Waals surface area contributed by atoms with Gasteiger partial charge in [0, 0.05) is 30.7 Å². The maximum atomic E-state index is 13.7. The Morgan fingerprint density at radius 3 is 2.82 bits per heavy atom. The number of carbonyl (C=O) groups excluding carboxylic acids is 2. The molecule has 174 valence electrons. The minimum absolute atomic E-state index is 0.0420. The van der Waals surface area contributed by atoms with E-state index in [-0.39, 0.29) is 24.9 Å². The van der Waals surface area contributed by atoms with Gasteiger partial charge in [0.25, 0.3) is 0 Å². The number of hydrogen-bond donors (Lipinski definition) is 3. The normalized spacial score (nSPS) is 17.6. The Labute approximate surface area is 190 Å². The highest BCUT2D eigenvalue weighted by molar-refractivity contribution is 5.90. The number of rotatable bonds is 7. The lowest BCUT2D eigenvalue weighted by atomic mass is 10.0. The summed E-state index contributed by atoms with van der Waals surface area (Å²) in [5.74, 6) is -2.59. The van der Waals surface area contributed by atoms with Crippen LogP contribution < -0.4 is 10.6 Å². The van der Waals surface area contributed by atoms with E-state index in [0.29, 0.717) is 12.0 Å². The van der Waals surface area contributed by atoms with Crippen molar-refractivity contribution >= 4 is 22.8 Å². The van der Waals surface area contributed by atoms with Crippen LogP contribution in [-0.4, -0.2) is 52.4 Å². The fourth-order valence-corrected chi connectivity index (χ4v) is 4.18. The molecule has 2 amide bonds. The van der Waals surface area contributed by atoms with Gasteiger partial charge in [-0.1, -0.05) is 12.5 Å². The molecular weight excluding hydrogens is 428 g/mol. The molecule has 0 radical (unpaired) electrons. The van der Waals surface area contributed by atoms with Gasteiger partial charge in [0.15, 0.2) is 11.6 Å². The summed E-state index contributed by atoms with van der Waals surface area (Å²) in [5.41, 5.74) is 1.98. The van der Waals surface area contributed by atoms with E-state index in [1.807, 2.05) is 24.1 Å². The molecule has 3 N–H and O–H groups in total. The third kappa shape index (κ3) is 5.54. The van der Waals surface area contributed by atoms with E-state index in [9.17, 15) is 18.4 Å². The Hall–Kier alpha value is -3.33. The standard InChI is InChI=1S/C24H27F2N5O2/c1-31-9-3-2-4-21(31)24(33)30-20(12-15-5-6-18(25)19(26)11-15)23(32)29-14-16-10-17-7-8-27-22(17)28-13-16/h5-8,10-11,13,20-21H,2-4,9,12,14H2,1H3,(H,27,28)(H,29,32)(H,30,33)/t20-,21?/m0/s1. The molecule has 1 aromatic carbocycles. The number of hydrogen-bond acceptors (Lipinski definition) is 4. The van der Waals surface area contributed by atoms with Crippen LogP contribution in [0.4, 0.5) is 8.78 Å². The lowest BCUT2D eigenvalue weighted by molar-refractivity contribution is -0.132. The highest BCUT2D eigenvalue weighted by atomic mass is 19.2. The molecule has 2 aromatic heterocycles. The van der Waals surface area contributed by atoms with Gasteiger partial charge in [-0.15, -0.1) is 0 Å². The van der Waals surface area contributed by atoms with Crippen molar-refractivity contribution in [2.45, 2.75) is 44.3 Å². The second-order valence-electron chi connectivity index (χ2n) is 8.48. The van der Waals surface area contributed by atoms with Gasteiger partial charge in [0.2, 0.25) is 11.8 Å². The van der Waals surface area contributed by atoms with Crippen LogP contribution in [0.3, 0.4) is 0 Å². The molecule has 0 spiro atoms. The highest BCUT2D eigenvalue weighted by Crippen LogP contribution is 2.16. The van der Waals surface area contributed by atoms with E-state index < -0.39 is 23.6 Å². The first-order chi connectivity index (χ1) is 15.9. The third-order valence-electron chi connectivity index (χ3n) is 6.05. The molecule has 1 fully saturated rings. The molecule has 7 nitrogen and oxygen atoms in total. The summed E-state index contributed by atoms with van der Waals surface area (Å²) in [6.45, 7) is 1.03. The molecule has 2 atom stereocenters. The average molecular weight is 456 g/mol. The van der Waals surface area contributed by atoms with E-state index in [1.54, 1.807) is 12.4 Å². The molecule has 4 rings (SSSR count).